The predicted molar refractivity (Wildman–Crippen MR) is 115 cm³/mol. The van der Waals surface area contributed by atoms with Crippen LogP contribution in [0.3, 0.4) is 0 Å². The van der Waals surface area contributed by atoms with E-state index in [4.69, 9.17) is 16.3 Å². The molecule has 0 aliphatic heterocycles. The Labute approximate surface area is 180 Å². The Hall–Kier alpha value is -2.03. The van der Waals surface area contributed by atoms with Gasteiger partial charge in [0.1, 0.15) is 12.4 Å². The van der Waals surface area contributed by atoms with Gasteiger partial charge in [0.25, 0.3) is 0 Å². The standard InChI is InChI=1S/C19H18BrClN4O2S/c1-11-3-8-16(15(20)9-11)22-18(26)12(2)28-19-23-17(24-25-19)10-27-14-6-4-13(21)5-7-14/h3-9,12H,10H2,1-2H3,(H,22,26)(H,23,24,25). The maximum absolute atomic E-state index is 12.4. The molecule has 9 heteroatoms. The van der Waals surface area contributed by atoms with Crippen LogP contribution in [0.25, 0.3) is 0 Å². The molecule has 0 saturated heterocycles. The molecular formula is C19H18BrClN4O2S. The first-order chi connectivity index (χ1) is 13.4. The molecule has 0 fully saturated rings. The number of H-pyrrole nitrogens is 1. The van der Waals surface area contributed by atoms with Crippen LogP contribution in [0.5, 0.6) is 5.75 Å². The van der Waals surface area contributed by atoms with Crippen molar-refractivity contribution in [1.29, 1.82) is 0 Å². The van der Waals surface area contributed by atoms with E-state index in [1.54, 1.807) is 24.3 Å². The number of nitrogens with zero attached hydrogens (tertiary/aromatic N) is 2. The quantitative estimate of drug-likeness (QED) is 0.452. The summed E-state index contributed by atoms with van der Waals surface area (Å²) in [6.45, 7) is 4.04. The van der Waals surface area contributed by atoms with Gasteiger partial charge in [-0.2, -0.15) is 0 Å². The Bertz CT molecular complexity index is 965. The van der Waals surface area contributed by atoms with Crippen molar-refractivity contribution in [3.05, 3.63) is 63.3 Å². The van der Waals surface area contributed by atoms with Crippen LogP contribution in [-0.4, -0.2) is 26.3 Å². The van der Waals surface area contributed by atoms with Gasteiger partial charge in [-0.3, -0.25) is 9.89 Å². The number of rotatable bonds is 7. The zero-order valence-corrected chi connectivity index (χ0v) is 18.4. The van der Waals surface area contributed by atoms with E-state index in [1.165, 1.54) is 11.8 Å². The van der Waals surface area contributed by atoms with Crippen molar-refractivity contribution in [2.24, 2.45) is 0 Å². The SMILES string of the molecule is Cc1ccc(NC(=O)C(C)Sc2n[nH]c(COc3ccc(Cl)cc3)n2)c(Br)c1. The number of aryl methyl sites for hydroxylation is 1. The third kappa shape index (κ3) is 5.73. The fourth-order valence-corrected chi connectivity index (χ4v) is 3.71. The van der Waals surface area contributed by atoms with Crippen molar-refractivity contribution < 1.29 is 9.53 Å². The van der Waals surface area contributed by atoms with Crippen LogP contribution in [0.1, 0.15) is 18.3 Å². The van der Waals surface area contributed by atoms with Gasteiger partial charge in [-0.25, -0.2) is 4.98 Å². The molecule has 1 atom stereocenters. The molecule has 146 valence electrons. The number of benzene rings is 2. The number of aromatic nitrogens is 3. The Kier molecular flexibility index (Phi) is 6.98. The molecule has 2 aromatic carbocycles. The summed E-state index contributed by atoms with van der Waals surface area (Å²) < 4.78 is 6.47. The van der Waals surface area contributed by atoms with Crippen LogP contribution >= 0.6 is 39.3 Å². The van der Waals surface area contributed by atoms with E-state index in [9.17, 15) is 4.79 Å². The van der Waals surface area contributed by atoms with Crippen LogP contribution in [-0.2, 0) is 11.4 Å². The van der Waals surface area contributed by atoms with Gasteiger partial charge in [0.15, 0.2) is 5.82 Å². The average molecular weight is 482 g/mol. The third-order valence-electron chi connectivity index (χ3n) is 3.73. The molecule has 0 saturated carbocycles. The molecular weight excluding hydrogens is 464 g/mol. The van der Waals surface area contributed by atoms with Gasteiger partial charge >= 0.3 is 0 Å². The molecule has 2 N–H and O–H groups in total. The minimum Gasteiger partial charge on any atom is -0.486 e. The van der Waals surface area contributed by atoms with Crippen LogP contribution < -0.4 is 10.1 Å². The van der Waals surface area contributed by atoms with E-state index >= 15 is 0 Å². The van der Waals surface area contributed by atoms with E-state index in [0.29, 0.717) is 21.8 Å². The summed E-state index contributed by atoms with van der Waals surface area (Å²) in [5.41, 5.74) is 1.84. The second-order valence-electron chi connectivity index (χ2n) is 6.04. The Balaban J connectivity index is 1.53. The van der Waals surface area contributed by atoms with Gasteiger partial charge in [-0.05, 0) is 71.7 Å². The highest BCUT2D eigenvalue weighted by molar-refractivity contribution is 9.10. The number of ether oxygens (including phenoxy) is 1. The second-order valence-corrected chi connectivity index (χ2v) is 8.64. The second kappa shape index (κ2) is 9.45. The number of hydrogen-bond donors (Lipinski definition) is 2. The van der Waals surface area contributed by atoms with Gasteiger partial charge in [0, 0.05) is 9.50 Å². The summed E-state index contributed by atoms with van der Waals surface area (Å²) >= 11 is 10.6. The minimum absolute atomic E-state index is 0.127. The number of anilines is 1. The fourth-order valence-electron chi connectivity index (χ4n) is 2.25. The number of amides is 1. The molecule has 1 heterocycles. The first-order valence-corrected chi connectivity index (χ1v) is 10.5. The summed E-state index contributed by atoms with van der Waals surface area (Å²) in [6, 6.07) is 12.8. The lowest BCUT2D eigenvalue weighted by Crippen LogP contribution is -2.22. The molecule has 3 aromatic rings. The monoisotopic (exact) mass is 480 g/mol. The maximum atomic E-state index is 12.4. The van der Waals surface area contributed by atoms with E-state index < -0.39 is 0 Å². The van der Waals surface area contributed by atoms with E-state index in [-0.39, 0.29) is 17.8 Å². The Morgan fingerprint density at radius 3 is 2.79 bits per heavy atom. The molecule has 0 spiro atoms. The summed E-state index contributed by atoms with van der Waals surface area (Å²) in [5, 5.41) is 10.6. The molecule has 1 aromatic heterocycles. The Morgan fingerprint density at radius 1 is 1.32 bits per heavy atom. The summed E-state index contributed by atoms with van der Waals surface area (Å²) in [4.78, 5) is 16.8. The molecule has 0 bridgehead atoms. The van der Waals surface area contributed by atoms with Crippen LogP contribution in [0, 0.1) is 6.92 Å². The topological polar surface area (TPSA) is 79.9 Å². The van der Waals surface area contributed by atoms with E-state index in [1.807, 2.05) is 32.0 Å². The first kappa shape index (κ1) is 20.7. The predicted octanol–water partition coefficient (Wildman–Crippen LogP) is 5.23. The number of aromatic amines is 1. The number of carbonyl (C=O) groups excluding carboxylic acids is 1. The van der Waals surface area contributed by atoms with Gasteiger partial charge in [-0.15, -0.1) is 5.10 Å². The first-order valence-electron chi connectivity index (χ1n) is 8.44. The molecule has 1 amide bonds. The van der Waals surface area contributed by atoms with Gasteiger partial charge in [0.05, 0.1) is 10.9 Å². The summed E-state index contributed by atoms with van der Waals surface area (Å²) in [6.07, 6.45) is 0. The largest absolute Gasteiger partial charge is 0.486 e. The Morgan fingerprint density at radius 2 is 2.07 bits per heavy atom. The number of hydrogen-bond acceptors (Lipinski definition) is 5. The molecule has 0 aliphatic carbocycles. The molecule has 6 nitrogen and oxygen atoms in total. The maximum Gasteiger partial charge on any atom is 0.237 e. The molecule has 1 unspecified atom stereocenters. The lowest BCUT2D eigenvalue weighted by Gasteiger charge is -2.11. The molecule has 0 radical (unpaired) electrons. The summed E-state index contributed by atoms with van der Waals surface area (Å²) in [7, 11) is 0. The zero-order chi connectivity index (χ0) is 20.1. The molecule has 3 rings (SSSR count). The van der Waals surface area contributed by atoms with Crippen LogP contribution in [0.4, 0.5) is 5.69 Å². The fraction of sp³-hybridized carbons (Fsp3) is 0.211. The number of nitrogens with one attached hydrogen (secondary N) is 2. The van der Waals surface area contributed by atoms with Crippen molar-refractivity contribution in [1.82, 2.24) is 15.2 Å². The highest BCUT2D eigenvalue weighted by Crippen LogP contribution is 2.26. The summed E-state index contributed by atoms with van der Waals surface area (Å²) in [5.74, 6) is 1.14. The van der Waals surface area contributed by atoms with Gasteiger partial charge in [-0.1, -0.05) is 29.4 Å². The van der Waals surface area contributed by atoms with Gasteiger partial charge < -0.3 is 10.1 Å². The smallest absolute Gasteiger partial charge is 0.237 e. The van der Waals surface area contributed by atoms with Crippen molar-refractivity contribution in [2.45, 2.75) is 30.9 Å². The number of carbonyl (C=O) groups is 1. The number of thioether (sulfide) groups is 1. The van der Waals surface area contributed by atoms with Crippen molar-refractivity contribution in [3.8, 4) is 5.75 Å². The van der Waals surface area contributed by atoms with Crippen molar-refractivity contribution in [2.75, 3.05) is 5.32 Å². The molecule has 28 heavy (non-hydrogen) atoms. The van der Waals surface area contributed by atoms with Crippen LogP contribution in [0.2, 0.25) is 5.02 Å². The average Bonchev–Trinajstić information content (AvgIpc) is 3.11. The molecule has 0 aliphatic rings. The van der Waals surface area contributed by atoms with E-state index in [2.05, 4.69) is 36.4 Å². The minimum atomic E-state index is -0.367. The number of halogens is 2. The van der Waals surface area contributed by atoms with E-state index in [0.717, 1.165) is 15.7 Å². The van der Waals surface area contributed by atoms with Gasteiger partial charge in [0.2, 0.25) is 11.1 Å². The van der Waals surface area contributed by atoms with Crippen molar-refractivity contribution >= 4 is 50.9 Å². The zero-order valence-electron chi connectivity index (χ0n) is 15.2. The normalized spacial score (nSPS) is 11.9. The lowest BCUT2D eigenvalue weighted by atomic mass is 10.2. The van der Waals surface area contributed by atoms with Crippen LogP contribution in [0.15, 0.2) is 52.1 Å². The third-order valence-corrected chi connectivity index (χ3v) is 5.60. The highest BCUT2D eigenvalue weighted by atomic mass is 79.9. The van der Waals surface area contributed by atoms with Crippen molar-refractivity contribution in [3.63, 3.8) is 0 Å². The lowest BCUT2D eigenvalue weighted by molar-refractivity contribution is -0.115. The highest BCUT2D eigenvalue weighted by Gasteiger charge is 2.18.